The van der Waals surface area contributed by atoms with Gasteiger partial charge in [-0.05, 0) is 49.2 Å². The summed E-state index contributed by atoms with van der Waals surface area (Å²) < 4.78 is 9.96. The maximum absolute atomic E-state index is 12.6. The molecule has 0 unspecified atom stereocenters. The number of methoxy groups -OCH3 is 1. The molecule has 1 saturated carbocycles. The number of amides is 2. The summed E-state index contributed by atoms with van der Waals surface area (Å²) >= 11 is 0. The second-order valence-electron chi connectivity index (χ2n) is 6.60. The first-order valence-electron chi connectivity index (χ1n) is 8.90. The molecule has 27 heavy (non-hydrogen) atoms. The minimum atomic E-state index is -0.962. The lowest BCUT2D eigenvalue weighted by atomic mass is 9.81. The summed E-state index contributed by atoms with van der Waals surface area (Å²) in [4.78, 5) is 36.9. The van der Waals surface area contributed by atoms with Crippen LogP contribution in [0.15, 0.2) is 47.1 Å². The van der Waals surface area contributed by atoms with Crippen LogP contribution in [0.2, 0.25) is 0 Å². The molecule has 0 radical (unpaired) electrons. The van der Waals surface area contributed by atoms with Crippen LogP contribution in [-0.2, 0) is 9.53 Å². The lowest BCUT2D eigenvalue weighted by Crippen LogP contribution is -2.56. The molecule has 1 heterocycles. The Morgan fingerprint density at radius 2 is 1.70 bits per heavy atom. The monoisotopic (exact) mass is 370 g/mol. The predicted molar refractivity (Wildman–Crippen MR) is 98.4 cm³/mol. The van der Waals surface area contributed by atoms with Gasteiger partial charge >= 0.3 is 5.97 Å². The number of carbonyl (C=O) groups is 3. The number of hydrogen-bond acceptors (Lipinski definition) is 5. The smallest absolute Gasteiger partial charge is 0.331 e. The molecule has 0 aliphatic heterocycles. The lowest BCUT2D eigenvalue weighted by Gasteiger charge is -2.35. The Labute approximate surface area is 157 Å². The Kier molecular flexibility index (Phi) is 5.59. The molecule has 2 aromatic rings. The number of nitrogens with one attached hydrogen (secondary N) is 2. The number of carbonyl (C=O) groups excluding carboxylic acids is 3. The number of ether oxygens (including phenoxy) is 1. The van der Waals surface area contributed by atoms with Crippen LogP contribution in [0.3, 0.4) is 0 Å². The van der Waals surface area contributed by atoms with E-state index in [2.05, 4.69) is 10.6 Å². The second kappa shape index (κ2) is 8.07. The largest absolute Gasteiger partial charge is 0.467 e. The number of anilines is 1. The van der Waals surface area contributed by atoms with Crippen molar-refractivity contribution in [3.63, 3.8) is 0 Å². The fourth-order valence-electron chi connectivity index (χ4n) is 3.33. The third kappa shape index (κ3) is 4.19. The van der Waals surface area contributed by atoms with Crippen molar-refractivity contribution < 1.29 is 23.5 Å². The molecule has 3 rings (SSSR count). The van der Waals surface area contributed by atoms with Gasteiger partial charge in [0, 0.05) is 11.3 Å². The Hall–Kier alpha value is -3.09. The first-order chi connectivity index (χ1) is 13.0. The zero-order valence-electron chi connectivity index (χ0n) is 15.1. The number of hydrogen-bond donors (Lipinski definition) is 2. The van der Waals surface area contributed by atoms with Gasteiger partial charge in [0.25, 0.3) is 11.8 Å². The van der Waals surface area contributed by atoms with Gasteiger partial charge in [-0.3, -0.25) is 9.59 Å². The van der Waals surface area contributed by atoms with Crippen LogP contribution in [0.4, 0.5) is 5.69 Å². The number of esters is 1. The summed E-state index contributed by atoms with van der Waals surface area (Å²) in [6, 6.07) is 9.64. The second-order valence-corrected chi connectivity index (χ2v) is 6.60. The topological polar surface area (TPSA) is 97.6 Å². The summed E-state index contributed by atoms with van der Waals surface area (Å²) in [5.74, 6) is -0.915. The van der Waals surface area contributed by atoms with Crippen molar-refractivity contribution in [3.8, 4) is 0 Å². The van der Waals surface area contributed by atoms with E-state index in [4.69, 9.17) is 9.15 Å². The highest BCUT2D eigenvalue weighted by Gasteiger charge is 2.42. The van der Waals surface area contributed by atoms with Crippen LogP contribution in [-0.4, -0.2) is 30.4 Å². The molecule has 0 spiro atoms. The SMILES string of the molecule is COC(=O)C1(NC(=O)c2ccc(NC(=O)c3ccco3)cc2)CCCCC1. The molecule has 0 atom stereocenters. The average molecular weight is 370 g/mol. The van der Waals surface area contributed by atoms with Crippen molar-refractivity contribution in [2.24, 2.45) is 0 Å². The molecular weight excluding hydrogens is 348 g/mol. The molecule has 1 aliphatic rings. The van der Waals surface area contributed by atoms with Gasteiger partial charge in [-0.2, -0.15) is 0 Å². The van der Waals surface area contributed by atoms with Crippen LogP contribution >= 0.6 is 0 Å². The molecule has 142 valence electrons. The highest BCUT2D eigenvalue weighted by Crippen LogP contribution is 2.29. The van der Waals surface area contributed by atoms with Gasteiger partial charge in [-0.25, -0.2) is 4.79 Å². The Bertz CT molecular complexity index is 805. The van der Waals surface area contributed by atoms with E-state index in [9.17, 15) is 14.4 Å². The Morgan fingerprint density at radius 1 is 1.00 bits per heavy atom. The zero-order valence-corrected chi connectivity index (χ0v) is 15.1. The highest BCUT2D eigenvalue weighted by molar-refractivity contribution is 6.03. The standard InChI is InChI=1S/C20H22N2O5/c1-26-19(25)20(11-3-2-4-12-20)22-17(23)14-7-9-15(10-8-14)21-18(24)16-6-5-13-27-16/h5-10,13H,2-4,11-12H2,1H3,(H,21,24)(H,22,23). The molecular formula is C20H22N2O5. The van der Waals surface area contributed by atoms with Crippen molar-refractivity contribution >= 4 is 23.5 Å². The van der Waals surface area contributed by atoms with E-state index in [1.54, 1.807) is 36.4 Å². The number of furan rings is 1. The van der Waals surface area contributed by atoms with Gasteiger partial charge < -0.3 is 19.8 Å². The van der Waals surface area contributed by atoms with Crippen LogP contribution in [0, 0.1) is 0 Å². The van der Waals surface area contributed by atoms with Crippen molar-refractivity contribution in [3.05, 3.63) is 54.0 Å². The molecule has 0 saturated heterocycles. The maximum atomic E-state index is 12.6. The minimum Gasteiger partial charge on any atom is -0.467 e. The summed E-state index contributed by atoms with van der Waals surface area (Å²) in [6.45, 7) is 0. The van der Waals surface area contributed by atoms with Gasteiger partial charge in [-0.15, -0.1) is 0 Å². The first kappa shape index (κ1) is 18.7. The van der Waals surface area contributed by atoms with E-state index < -0.39 is 11.5 Å². The molecule has 1 fully saturated rings. The summed E-state index contributed by atoms with van der Waals surface area (Å²) in [6.07, 6.45) is 5.34. The predicted octanol–water partition coefficient (Wildman–Crippen LogP) is 3.14. The van der Waals surface area contributed by atoms with Gasteiger partial charge in [0.2, 0.25) is 0 Å². The van der Waals surface area contributed by atoms with Gasteiger partial charge in [0.05, 0.1) is 13.4 Å². The van der Waals surface area contributed by atoms with Crippen molar-refractivity contribution in [1.29, 1.82) is 0 Å². The molecule has 1 aromatic carbocycles. The Balaban J connectivity index is 1.68. The molecule has 1 aromatic heterocycles. The summed E-state index contributed by atoms with van der Waals surface area (Å²) in [7, 11) is 1.33. The van der Waals surface area contributed by atoms with Crippen molar-refractivity contribution in [2.45, 2.75) is 37.6 Å². The fraction of sp³-hybridized carbons (Fsp3) is 0.350. The van der Waals surface area contributed by atoms with E-state index in [0.717, 1.165) is 19.3 Å². The van der Waals surface area contributed by atoms with Crippen molar-refractivity contribution in [2.75, 3.05) is 12.4 Å². The van der Waals surface area contributed by atoms with Crippen molar-refractivity contribution in [1.82, 2.24) is 5.32 Å². The van der Waals surface area contributed by atoms with Gasteiger partial charge in [-0.1, -0.05) is 19.3 Å². The maximum Gasteiger partial charge on any atom is 0.331 e. The van der Waals surface area contributed by atoms with E-state index in [1.165, 1.54) is 13.4 Å². The Morgan fingerprint density at radius 3 is 2.30 bits per heavy atom. The lowest BCUT2D eigenvalue weighted by molar-refractivity contribution is -0.149. The fourth-order valence-corrected chi connectivity index (χ4v) is 3.33. The first-order valence-corrected chi connectivity index (χ1v) is 8.90. The molecule has 2 amide bonds. The quantitative estimate of drug-likeness (QED) is 0.788. The number of rotatable bonds is 5. The van der Waals surface area contributed by atoms with E-state index in [-0.39, 0.29) is 17.6 Å². The van der Waals surface area contributed by atoms with Crippen LogP contribution in [0.25, 0.3) is 0 Å². The number of benzene rings is 1. The highest BCUT2D eigenvalue weighted by atomic mass is 16.5. The normalized spacial score (nSPS) is 15.6. The van der Waals surface area contributed by atoms with E-state index in [0.29, 0.717) is 24.1 Å². The average Bonchev–Trinajstić information content (AvgIpc) is 3.23. The van der Waals surface area contributed by atoms with Gasteiger partial charge in [0.15, 0.2) is 5.76 Å². The molecule has 1 aliphatic carbocycles. The van der Waals surface area contributed by atoms with Crippen LogP contribution < -0.4 is 10.6 Å². The summed E-state index contributed by atoms with van der Waals surface area (Å²) in [5, 5.41) is 5.55. The van der Waals surface area contributed by atoms with Crippen LogP contribution in [0.5, 0.6) is 0 Å². The molecule has 7 nitrogen and oxygen atoms in total. The zero-order chi connectivity index (χ0) is 19.3. The van der Waals surface area contributed by atoms with Crippen LogP contribution in [0.1, 0.15) is 53.0 Å². The van der Waals surface area contributed by atoms with E-state index >= 15 is 0 Å². The minimum absolute atomic E-state index is 0.203. The molecule has 2 N–H and O–H groups in total. The van der Waals surface area contributed by atoms with Gasteiger partial charge in [0.1, 0.15) is 5.54 Å². The molecule has 0 bridgehead atoms. The summed E-state index contributed by atoms with van der Waals surface area (Å²) in [5.41, 5.74) is -0.0239. The molecule has 7 heteroatoms. The third-order valence-electron chi connectivity index (χ3n) is 4.79. The third-order valence-corrected chi connectivity index (χ3v) is 4.79. The van der Waals surface area contributed by atoms with E-state index in [1.807, 2.05) is 0 Å².